The third-order valence-corrected chi connectivity index (χ3v) is 5.19. The molecule has 1 atom stereocenters. The van der Waals surface area contributed by atoms with E-state index in [0.717, 1.165) is 25.2 Å². The van der Waals surface area contributed by atoms with Gasteiger partial charge in [-0.2, -0.15) is 5.10 Å². The molecule has 1 unspecified atom stereocenters. The smallest absolute Gasteiger partial charge is 0.241 e. The van der Waals surface area contributed by atoms with Crippen LogP contribution in [0.5, 0.6) is 0 Å². The molecule has 1 aromatic heterocycles. The lowest BCUT2D eigenvalue weighted by atomic mass is 10.1. The van der Waals surface area contributed by atoms with E-state index in [-0.39, 0.29) is 5.91 Å². The lowest BCUT2D eigenvalue weighted by molar-refractivity contribution is -0.142. The number of piperazine rings is 1. The number of hydrogen-bond acceptors (Lipinski definition) is 4. The fourth-order valence-corrected chi connectivity index (χ4v) is 3.54. The highest BCUT2D eigenvalue weighted by Crippen LogP contribution is 2.14. The maximum atomic E-state index is 12.7. The van der Waals surface area contributed by atoms with Gasteiger partial charge in [-0.05, 0) is 24.5 Å². The molecule has 2 amide bonds. The minimum atomic E-state index is -0.562. The first-order valence-corrected chi connectivity index (χ1v) is 9.36. The maximum absolute atomic E-state index is 12.7. The van der Waals surface area contributed by atoms with Gasteiger partial charge in [-0.25, -0.2) is 0 Å². The number of amides is 2. The van der Waals surface area contributed by atoms with Crippen LogP contribution in [0.4, 0.5) is 0 Å². The van der Waals surface area contributed by atoms with Gasteiger partial charge in [-0.3, -0.25) is 19.2 Å². The number of nitrogens with zero attached hydrogens (tertiary/aromatic N) is 4. The van der Waals surface area contributed by atoms with Crippen LogP contribution in [0.1, 0.15) is 17.7 Å². The summed E-state index contributed by atoms with van der Waals surface area (Å²) in [5, 5.41) is 4.12. The summed E-state index contributed by atoms with van der Waals surface area (Å²) in [7, 11) is 1.86. The van der Waals surface area contributed by atoms with Crippen LogP contribution in [0.25, 0.3) is 0 Å². The van der Waals surface area contributed by atoms with Crippen LogP contribution in [0.2, 0.25) is 0 Å². The van der Waals surface area contributed by atoms with Crippen LogP contribution in [-0.4, -0.2) is 63.6 Å². The second kappa shape index (κ2) is 8.81. The van der Waals surface area contributed by atoms with Gasteiger partial charge in [0.2, 0.25) is 11.8 Å². The molecule has 0 bridgehead atoms. The predicted octanol–water partition coefficient (Wildman–Crippen LogP) is 0.594. The van der Waals surface area contributed by atoms with E-state index in [4.69, 9.17) is 5.73 Å². The third kappa shape index (κ3) is 4.95. The van der Waals surface area contributed by atoms with Crippen LogP contribution in [0.15, 0.2) is 42.6 Å². The van der Waals surface area contributed by atoms with Crippen molar-refractivity contribution in [3.05, 3.63) is 53.9 Å². The van der Waals surface area contributed by atoms with E-state index in [1.165, 1.54) is 5.56 Å². The quantitative estimate of drug-likeness (QED) is 0.774. The summed E-state index contributed by atoms with van der Waals surface area (Å²) in [5.41, 5.74) is 7.87. The first kappa shape index (κ1) is 19.1. The minimum absolute atomic E-state index is 0.0253. The second-order valence-electron chi connectivity index (χ2n) is 6.99. The van der Waals surface area contributed by atoms with Crippen molar-refractivity contribution in [2.75, 3.05) is 26.2 Å². The normalized spacial score (nSPS) is 17.8. The molecule has 1 aromatic carbocycles. The van der Waals surface area contributed by atoms with E-state index in [0.29, 0.717) is 25.9 Å². The number of aromatic nitrogens is 2. The van der Waals surface area contributed by atoms with Crippen molar-refractivity contribution in [1.82, 2.24) is 19.6 Å². The van der Waals surface area contributed by atoms with Crippen LogP contribution < -0.4 is 5.73 Å². The van der Waals surface area contributed by atoms with Gasteiger partial charge in [0.1, 0.15) is 6.04 Å². The zero-order chi connectivity index (χ0) is 19.2. The molecule has 0 aliphatic carbocycles. The molecule has 7 heteroatoms. The van der Waals surface area contributed by atoms with Gasteiger partial charge >= 0.3 is 0 Å². The number of hydrogen-bond donors (Lipinski definition) is 1. The first-order valence-electron chi connectivity index (χ1n) is 9.36. The molecule has 7 nitrogen and oxygen atoms in total. The van der Waals surface area contributed by atoms with Gasteiger partial charge in [0, 0.05) is 51.5 Å². The Balaban J connectivity index is 1.54. The zero-order valence-electron chi connectivity index (χ0n) is 15.8. The molecule has 144 valence electrons. The van der Waals surface area contributed by atoms with Crippen molar-refractivity contribution in [2.45, 2.75) is 25.3 Å². The van der Waals surface area contributed by atoms with Gasteiger partial charge in [0.15, 0.2) is 0 Å². The Hall–Kier alpha value is -2.67. The number of rotatable bonds is 7. The average Bonchev–Trinajstić information content (AvgIpc) is 3.10. The molecule has 2 aromatic rings. The van der Waals surface area contributed by atoms with Crippen molar-refractivity contribution in [3.63, 3.8) is 0 Å². The van der Waals surface area contributed by atoms with Gasteiger partial charge < -0.3 is 10.6 Å². The summed E-state index contributed by atoms with van der Waals surface area (Å²) in [4.78, 5) is 28.5. The highest BCUT2D eigenvalue weighted by Gasteiger charge is 2.33. The minimum Gasteiger partial charge on any atom is -0.368 e. The van der Waals surface area contributed by atoms with E-state index in [9.17, 15) is 9.59 Å². The Labute approximate surface area is 159 Å². The maximum Gasteiger partial charge on any atom is 0.241 e. The Kier molecular flexibility index (Phi) is 6.24. The average molecular weight is 369 g/mol. The van der Waals surface area contributed by atoms with Crippen LogP contribution in [0.3, 0.4) is 0 Å². The molecule has 1 aliphatic rings. The molecule has 2 heterocycles. The Morgan fingerprint density at radius 3 is 2.59 bits per heavy atom. The fraction of sp³-hybridized carbons (Fsp3) is 0.450. The number of aryl methyl sites for hydroxylation is 2. The van der Waals surface area contributed by atoms with Crippen molar-refractivity contribution >= 4 is 11.8 Å². The van der Waals surface area contributed by atoms with E-state index in [2.05, 4.69) is 22.1 Å². The summed E-state index contributed by atoms with van der Waals surface area (Å²) in [6, 6.07) is 11.6. The Bertz CT molecular complexity index is 774. The van der Waals surface area contributed by atoms with Crippen molar-refractivity contribution < 1.29 is 9.59 Å². The second-order valence-corrected chi connectivity index (χ2v) is 6.99. The molecule has 2 N–H and O–H groups in total. The molecule has 3 rings (SSSR count). The number of nitrogens with two attached hydrogens (primary N) is 1. The number of carbonyl (C=O) groups excluding carboxylic acids is 2. The van der Waals surface area contributed by atoms with Gasteiger partial charge in [0.25, 0.3) is 0 Å². The number of primary amides is 1. The molecular weight excluding hydrogens is 342 g/mol. The summed E-state index contributed by atoms with van der Waals surface area (Å²) >= 11 is 0. The molecule has 1 saturated heterocycles. The van der Waals surface area contributed by atoms with E-state index >= 15 is 0 Å². The van der Waals surface area contributed by atoms with Crippen molar-refractivity contribution in [2.24, 2.45) is 12.8 Å². The summed E-state index contributed by atoms with van der Waals surface area (Å²) in [6.45, 7) is 2.64. The topological polar surface area (TPSA) is 84.5 Å². The highest BCUT2D eigenvalue weighted by atomic mass is 16.2. The van der Waals surface area contributed by atoms with Crippen LogP contribution in [0, 0.1) is 0 Å². The van der Waals surface area contributed by atoms with E-state index in [1.54, 1.807) is 15.8 Å². The van der Waals surface area contributed by atoms with Gasteiger partial charge in [-0.1, -0.05) is 30.3 Å². The van der Waals surface area contributed by atoms with Crippen LogP contribution in [-0.2, 0) is 29.5 Å². The summed E-state index contributed by atoms with van der Waals surface area (Å²) in [5.74, 6) is -0.462. The predicted molar refractivity (Wildman–Crippen MR) is 103 cm³/mol. The largest absolute Gasteiger partial charge is 0.368 e. The first-order chi connectivity index (χ1) is 13.0. The molecule has 27 heavy (non-hydrogen) atoms. The third-order valence-electron chi connectivity index (χ3n) is 5.19. The number of benzene rings is 1. The summed E-state index contributed by atoms with van der Waals surface area (Å²) < 4.78 is 1.76. The van der Waals surface area contributed by atoms with Gasteiger partial charge in [-0.15, -0.1) is 0 Å². The lowest BCUT2D eigenvalue weighted by Gasteiger charge is -2.40. The molecule has 0 saturated carbocycles. The summed E-state index contributed by atoms with van der Waals surface area (Å²) in [6.07, 6.45) is 3.60. The van der Waals surface area contributed by atoms with Crippen LogP contribution >= 0.6 is 0 Å². The molecule has 1 aliphatic heterocycles. The zero-order valence-corrected chi connectivity index (χ0v) is 15.8. The standard InChI is InChI=1S/C20H27N5O2/c1-23-17(9-11-22-23)7-8-19(26)25-14-13-24(15-18(25)20(21)27)12-10-16-5-3-2-4-6-16/h2-6,9,11,18H,7-8,10,12-15H2,1H3,(H2,21,27). The molecule has 1 fully saturated rings. The number of carbonyl (C=O) groups is 2. The highest BCUT2D eigenvalue weighted by molar-refractivity contribution is 5.87. The van der Waals surface area contributed by atoms with E-state index in [1.807, 2.05) is 31.3 Å². The Morgan fingerprint density at radius 1 is 1.15 bits per heavy atom. The molecule has 0 spiro atoms. The monoisotopic (exact) mass is 369 g/mol. The SMILES string of the molecule is Cn1nccc1CCC(=O)N1CCN(CCc2ccccc2)CC1C(N)=O. The molecular formula is C20H27N5O2. The van der Waals surface area contributed by atoms with Gasteiger partial charge in [0.05, 0.1) is 0 Å². The Morgan fingerprint density at radius 2 is 1.93 bits per heavy atom. The fourth-order valence-electron chi connectivity index (χ4n) is 3.54. The molecule has 0 radical (unpaired) electrons. The van der Waals surface area contributed by atoms with E-state index < -0.39 is 11.9 Å². The van der Waals surface area contributed by atoms with Crippen molar-refractivity contribution in [3.8, 4) is 0 Å². The lowest BCUT2D eigenvalue weighted by Crippen LogP contribution is -2.60. The van der Waals surface area contributed by atoms with Crippen molar-refractivity contribution in [1.29, 1.82) is 0 Å².